The largest absolute Gasteiger partial charge is 0.385 e. The van der Waals surface area contributed by atoms with Crippen molar-refractivity contribution in [1.29, 1.82) is 0 Å². The molecule has 1 unspecified atom stereocenters. The molecule has 1 saturated heterocycles. The van der Waals surface area contributed by atoms with Crippen LogP contribution in [0.1, 0.15) is 51.9 Å². The predicted octanol–water partition coefficient (Wildman–Crippen LogP) is 2.31. The molecule has 1 heterocycles. The molecule has 2 rings (SSSR count). The molecule has 1 atom stereocenters. The molecule has 1 aliphatic carbocycles. The third-order valence-electron chi connectivity index (χ3n) is 4.82. The topological polar surface area (TPSA) is 33.3 Å². The van der Waals surface area contributed by atoms with E-state index in [1.807, 2.05) is 7.11 Å². The van der Waals surface area contributed by atoms with Crippen molar-refractivity contribution in [3.05, 3.63) is 0 Å². The van der Waals surface area contributed by atoms with Gasteiger partial charge >= 0.3 is 0 Å². The van der Waals surface area contributed by atoms with Gasteiger partial charge in [-0.3, -0.25) is 0 Å². The summed E-state index contributed by atoms with van der Waals surface area (Å²) in [6, 6.07) is 0. The minimum Gasteiger partial charge on any atom is -0.385 e. The van der Waals surface area contributed by atoms with Gasteiger partial charge in [0.2, 0.25) is 0 Å². The summed E-state index contributed by atoms with van der Waals surface area (Å²) in [5.41, 5.74) is 0.966. The van der Waals surface area contributed by atoms with Gasteiger partial charge in [-0.2, -0.15) is 0 Å². The van der Waals surface area contributed by atoms with Gasteiger partial charge in [0, 0.05) is 32.3 Å². The zero-order valence-corrected chi connectivity index (χ0v) is 12.2. The average Bonchev–Trinajstić information content (AvgIpc) is 2.99. The number of hydrogen-bond acceptors (Lipinski definition) is 3. The molecule has 3 nitrogen and oxygen atoms in total. The molecule has 2 aliphatic rings. The van der Waals surface area contributed by atoms with Crippen molar-refractivity contribution in [3.8, 4) is 0 Å². The second-order valence-electron chi connectivity index (χ2n) is 6.41. The predicted molar refractivity (Wildman–Crippen MR) is 75.9 cm³/mol. The van der Waals surface area contributed by atoms with Crippen LogP contribution in [0.2, 0.25) is 0 Å². The lowest BCUT2D eigenvalue weighted by molar-refractivity contribution is 0.170. The second-order valence-corrected chi connectivity index (χ2v) is 6.41. The van der Waals surface area contributed by atoms with Gasteiger partial charge in [0.25, 0.3) is 0 Å². The Kier molecular flexibility index (Phi) is 5.05. The lowest BCUT2D eigenvalue weighted by atomic mass is 9.91. The Labute approximate surface area is 112 Å². The summed E-state index contributed by atoms with van der Waals surface area (Å²) in [7, 11) is 1.81. The maximum atomic E-state index is 5.22. The fourth-order valence-electron chi connectivity index (χ4n) is 3.38. The molecule has 3 heteroatoms. The minimum atomic E-state index is 0.395. The van der Waals surface area contributed by atoms with E-state index in [2.05, 4.69) is 17.6 Å². The van der Waals surface area contributed by atoms with Crippen molar-refractivity contribution in [1.82, 2.24) is 10.6 Å². The normalized spacial score (nSPS) is 29.7. The molecule has 2 N–H and O–H groups in total. The van der Waals surface area contributed by atoms with Crippen molar-refractivity contribution in [2.45, 2.75) is 57.4 Å². The van der Waals surface area contributed by atoms with Gasteiger partial charge < -0.3 is 15.4 Å². The summed E-state index contributed by atoms with van der Waals surface area (Å²) < 4.78 is 5.22. The lowest BCUT2D eigenvalue weighted by Gasteiger charge is -2.30. The van der Waals surface area contributed by atoms with Gasteiger partial charge in [-0.05, 0) is 50.5 Å². The van der Waals surface area contributed by atoms with Crippen LogP contribution in [-0.2, 0) is 4.74 Å². The SMILES string of the molecule is CCCC1(CNCC2(CCOC)CC2)CCCN1. The van der Waals surface area contributed by atoms with E-state index in [0.29, 0.717) is 11.0 Å². The maximum Gasteiger partial charge on any atom is 0.0468 e. The molecule has 1 aliphatic heterocycles. The van der Waals surface area contributed by atoms with E-state index in [0.717, 1.165) is 13.2 Å². The van der Waals surface area contributed by atoms with Crippen molar-refractivity contribution in [2.75, 3.05) is 33.4 Å². The first kappa shape index (κ1) is 14.3. The molecule has 0 amide bonds. The summed E-state index contributed by atoms with van der Waals surface area (Å²) >= 11 is 0. The maximum absolute atomic E-state index is 5.22. The highest BCUT2D eigenvalue weighted by molar-refractivity contribution is 4.98. The summed E-state index contributed by atoms with van der Waals surface area (Å²) in [6.45, 7) is 6.75. The van der Waals surface area contributed by atoms with Crippen LogP contribution in [0.3, 0.4) is 0 Å². The van der Waals surface area contributed by atoms with Crippen LogP contribution >= 0.6 is 0 Å². The van der Waals surface area contributed by atoms with Crippen LogP contribution in [0.4, 0.5) is 0 Å². The Hall–Kier alpha value is -0.120. The summed E-state index contributed by atoms with van der Waals surface area (Å²) in [6.07, 6.45) is 9.28. The van der Waals surface area contributed by atoms with Crippen molar-refractivity contribution >= 4 is 0 Å². The molecular formula is C15H30N2O. The Morgan fingerprint density at radius 2 is 2.00 bits per heavy atom. The van der Waals surface area contributed by atoms with Gasteiger partial charge in [-0.15, -0.1) is 0 Å². The average molecular weight is 254 g/mol. The molecule has 0 aromatic heterocycles. The zero-order chi connectivity index (χ0) is 12.9. The summed E-state index contributed by atoms with van der Waals surface area (Å²) in [5.74, 6) is 0. The lowest BCUT2D eigenvalue weighted by Crippen LogP contribution is -2.49. The monoisotopic (exact) mass is 254 g/mol. The van der Waals surface area contributed by atoms with E-state index < -0.39 is 0 Å². The Morgan fingerprint density at radius 3 is 2.56 bits per heavy atom. The van der Waals surface area contributed by atoms with Gasteiger partial charge in [0.15, 0.2) is 0 Å². The number of methoxy groups -OCH3 is 1. The third-order valence-corrected chi connectivity index (χ3v) is 4.82. The van der Waals surface area contributed by atoms with Crippen LogP contribution in [0, 0.1) is 5.41 Å². The number of hydrogen-bond donors (Lipinski definition) is 2. The van der Waals surface area contributed by atoms with E-state index in [1.165, 1.54) is 58.0 Å². The number of ether oxygens (including phenoxy) is 1. The first-order valence-corrected chi connectivity index (χ1v) is 7.69. The smallest absolute Gasteiger partial charge is 0.0468 e. The highest BCUT2D eigenvalue weighted by Gasteiger charge is 2.42. The minimum absolute atomic E-state index is 0.395. The molecule has 18 heavy (non-hydrogen) atoms. The molecule has 106 valence electrons. The fourth-order valence-corrected chi connectivity index (χ4v) is 3.38. The highest BCUT2D eigenvalue weighted by atomic mass is 16.5. The standard InChI is InChI=1S/C15H30N2O/c1-3-5-15(6-4-10-17-15)13-16-12-14(7-8-14)9-11-18-2/h16-17H,3-13H2,1-2H3. The highest BCUT2D eigenvalue weighted by Crippen LogP contribution is 2.48. The van der Waals surface area contributed by atoms with Gasteiger partial charge in [-0.1, -0.05) is 13.3 Å². The van der Waals surface area contributed by atoms with Crippen molar-refractivity contribution in [3.63, 3.8) is 0 Å². The molecule has 0 radical (unpaired) electrons. The van der Waals surface area contributed by atoms with Gasteiger partial charge in [0.1, 0.15) is 0 Å². The third kappa shape index (κ3) is 3.69. The quantitative estimate of drug-likeness (QED) is 0.662. The van der Waals surface area contributed by atoms with Crippen molar-refractivity contribution < 1.29 is 4.74 Å². The number of nitrogens with one attached hydrogen (secondary N) is 2. The molecule has 2 fully saturated rings. The summed E-state index contributed by atoms with van der Waals surface area (Å²) in [4.78, 5) is 0. The van der Waals surface area contributed by atoms with Crippen LogP contribution in [0.5, 0.6) is 0 Å². The van der Waals surface area contributed by atoms with Crippen molar-refractivity contribution in [2.24, 2.45) is 5.41 Å². The van der Waals surface area contributed by atoms with Crippen LogP contribution in [0.15, 0.2) is 0 Å². The first-order chi connectivity index (χ1) is 8.74. The molecule has 0 spiro atoms. The molecular weight excluding hydrogens is 224 g/mol. The van der Waals surface area contributed by atoms with Gasteiger partial charge in [0.05, 0.1) is 0 Å². The Morgan fingerprint density at radius 1 is 1.17 bits per heavy atom. The number of rotatable bonds is 9. The fraction of sp³-hybridized carbons (Fsp3) is 1.00. The van der Waals surface area contributed by atoms with E-state index in [9.17, 15) is 0 Å². The molecule has 0 aromatic carbocycles. The van der Waals surface area contributed by atoms with E-state index in [-0.39, 0.29) is 0 Å². The molecule has 0 bridgehead atoms. The Bertz CT molecular complexity index is 245. The van der Waals surface area contributed by atoms with E-state index >= 15 is 0 Å². The van der Waals surface area contributed by atoms with E-state index in [4.69, 9.17) is 4.74 Å². The van der Waals surface area contributed by atoms with Crippen LogP contribution in [-0.4, -0.2) is 38.9 Å². The zero-order valence-electron chi connectivity index (χ0n) is 12.2. The molecule has 0 aromatic rings. The first-order valence-electron chi connectivity index (χ1n) is 7.69. The van der Waals surface area contributed by atoms with Crippen LogP contribution < -0.4 is 10.6 Å². The summed E-state index contributed by atoms with van der Waals surface area (Å²) in [5, 5.41) is 7.48. The van der Waals surface area contributed by atoms with Crippen LogP contribution in [0.25, 0.3) is 0 Å². The van der Waals surface area contributed by atoms with E-state index in [1.54, 1.807) is 0 Å². The molecule has 1 saturated carbocycles. The second kappa shape index (κ2) is 6.36. The Balaban J connectivity index is 1.70. The van der Waals surface area contributed by atoms with Gasteiger partial charge in [-0.25, -0.2) is 0 Å².